The number of carboxylic acid groups (broad SMARTS) is 1. The van der Waals surface area contributed by atoms with Gasteiger partial charge in [0.2, 0.25) is 0 Å². The van der Waals surface area contributed by atoms with Crippen molar-refractivity contribution >= 4 is 39.3 Å². The smallest absolute Gasteiger partial charge is 0.335 e. The quantitative estimate of drug-likeness (QED) is 0.790. The lowest BCUT2D eigenvalue weighted by molar-refractivity contribution is 0.0697. The molecule has 6 nitrogen and oxygen atoms in total. The molecule has 0 spiro atoms. The molecular formula is C14H12BrN3O3. The molecule has 0 fully saturated rings. The number of aryl methyl sites for hydroxylation is 1. The van der Waals surface area contributed by atoms with Crippen molar-refractivity contribution in [1.82, 2.24) is 4.98 Å². The molecule has 0 radical (unpaired) electrons. The summed E-state index contributed by atoms with van der Waals surface area (Å²) in [4.78, 5) is 26.8. The average Bonchev–Trinajstić information content (AvgIpc) is 2.41. The topological polar surface area (TPSA) is 91.3 Å². The molecule has 0 bridgehead atoms. The van der Waals surface area contributed by atoms with E-state index in [2.05, 4.69) is 31.5 Å². The van der Waals surface area contributed by atoms with E-state index < -0.39 is 12.0 Å². The maximum Gasteiger partial charge on any atom is 0.335 e. The number of hydrogen-bond donors (Lipinski definition) is 3. The van der Waals surface area contributed by atoms with Gasteiger partial charge in [0, 0.05) is 10.7 Å². The largest absolute Gasteiger partial charge is 0.478 e. The Morgan fingerprint density at radius 2 is 1.95 bits per heavy atom. The first-order valence-electron chi connectivity index (χ1n) is 5.98. The van der Waals surface area contributed by atoms with E-state index in [4.69, 9.17) is 5.11 Å². The molecule has 0 aliphatic heterocycles. The summed E-state index contributed by atoms with van der Waals surface area (Å²) in [5.41, 5.74) is 1.93. The highest BCUT2D eigenvalue weighted by Crippen LogP contribution is 2.24. The van der Waals surface area contributed by atoms with E-state index in [0.29, 0.717) is 15.8 Å². The van der Waals surface area contributed by atoms with Gasteiger partial charge in [-0.3, -0.25) is 4.98 Å². The molecule has 7 heteroatoms. The van der Waals surface area contributed by atoms with Gasteiger partial charge in [0.15, 0.2) is 0 Å². The fraction of sp³-hybridized carbons (Fsp3) is 0.0714. The number of nitrogens with zero attached hydrogens (tertiary/aromatic N) is 1. The minimum Gasteiger partial charge on any atom is -0.478 e. The second kappa shape index (κ2) is 6.36. The summed E-state index contributed by atoms with van der Waals surface area (Å²) >= 11 is 3.26. The van der Waals surface area contributed by atoms with Crippen LogP contribution in [0.2, 0.25) is 0 Å². The summed E-state index contributed by atoms with van der Waals surface area (Å²) in [6.07, 6.45) is 3.20. The number of halogens is 1. The highest BCUT2D eigenvalue weighted by Gasteiger charge is 2.10. The third kappa shape index (κ3) is 4.03. The van der Waals surface area contributed by atoms with Gasteiger partial charge in [0.25, 0.3) is 0 Å². The Morgan fingerprint density at radius 3 is 2.62 bits per heavy atom. The first kappa shape index (κ1) is 15.0. The first-order valence-corrected chi connectivity index (χ1v) is 6.77. The molecule has 3 N–H and O–H groups in total. The Labute approximate surface area is 129 Å². The Hall–Kier alpha value is -2.41. The third-order valence-corrected chi connectivity index (χ3v) is 3.29. The van der Waals surface area contributed by atoms with Crippen LogP contribution in [0.15, 0.2) is 41.1 Å². The molecular weight excluding hydrogens is 338 g/mol. The summed E-state index contributed by atoms with van der Waals surface area (Å²) in [7, 11) is 0. The fourth-order valence-corrected chi connectivity index (χ4v) is 2.01. The number of amides is 2. The van der Waals surface area contributed by atoms with Crippen LogP contribution in [-0.4, -0.2) is 22.1 Å². The van der Waals surface area contributed by atoms with E-state index in [1.807, 2.05) is 6.92 Å². The number of pyridine rings is 1. The maximum absolute atomic E-state index is 11.9. The van der Waals surface area contributed by atoms with Gasteiger partial charge in [0.1, 0.15) is 0 Å². The summed E-state index contributed by atoms with van der Waals surface area (Å²) in [5.74, 6) is -1.06. The van der Waals surface area contributed by atoms with Crippen LogP contribution < -0.4 is 10.6 Å². The third-order valence-electron chi connectivity index (χ3n) is 2.59. The van der Waals surface area contributed by atoms with Crippen molar-refractivity contribution in [3.8, 4) is 0 Å². The standard InChI is InChI=1S/C14H12BrN3O3/c1-8-4-10(7-16-6-8)17-14(21)18-12-5-9(13(19)20)2-3-11(12)15/h2-7H,1H3,(H,19,20)(H2,17,18,21). The van der Waals surface area contributed by atoms with E-state index in [9.17, 15) is 9.59 Å². The lowest BCUT2D eigenvalue weighted by atomic mass is 10.2. The number of nitrogens with one attached hydrogen (secondary N) is 2. The van der Waals surface area contributed by atoms with Crippen molar-refractivity contribution in [2.45, 2.75) is 6.92 Å². The molecule has 2 amide bonds. The number of anilines is 2. The number of urea groups is 1. The number of benzene rings is 1. The number of rotatable bonds is 3. The van der Waals surface area contributed by atoms with Gasteiger partial charge in [-0.25, -0.2) is 9.59 Å². The molecule has 0 saturated carbocycles. The molecule has 108 valence electrons. The van der Waals surface area contributed by atoms with Gasteiger partial charge in [0.05, 0.1) is 23.1 Å². The summed E-state index contributed by atoms with van der Waals surface area (Å²) in [5, 5.41) is 14.2. The number of hydrogen-bond acceptors (Lipinski definition) is 3. The molecule has 0 saturated heterocycles. The number of aromatic nitrogens is 1. The van der Waals surface area contributed by atoms with Crippen LogP contribution in [0.25, 0.3) is 0 Å². The molecule has 0 aliphatic rings. The molecule has 2 rings (SSSR count). The second-order valence-electron chi connectivity index (χ2n) is 4.33. The van der Waals surface area contributed by atoms with Gasteiger partial charge in [-0.05, 0) is 52.7 Å². The predicted octanol–water partition coefficient (Wildman–Crippen LogP) is 3.49. The van der Waals surface area contributed by atoms with Crippen LogP contribution in [0.5, 0.6) is 0 Å². The van der Waals surface area contributed by atoms with Gasteiger partial charge in [-0.2, -0.15) is 0 Å². The molecule has 2 aromatic rings. The highest BCUT2D eigenvalue weighted by atomic mass is 79.9. The number of carbonyl (C=O) groups is 2. The van der Waals surface area contributed by atoms with Crippen LogP contribution in [-0.2, 0) is 0 Å². The van der Waals surface area contributed by atoms with E-state index in [-0.39, 0.29) is 5.56 Å². The number of aromatic carboxylic acids is 1. The molecule has 0 aliphatic carbocycles. The van der Waals surface area contributed by atoms with Crippen molar-refractivity contribution in [2.24, 2.45) is 0 Å². The monoisotopic (exact) mass is 349 g/mol. The zero-order valence-electron chi connectivity index (χ0n) is 11.1. The Morgan fingerprint density at radius 1 is 1.19 bits per heavy atom. The molecule has 1 heterocycles. The Balaban J connectivity index is 2.12. The van der Waals surface area contributed by atoms with Crippen molar-refractivity contribution in [2.75, 3.05) is 10.6 Å². The van der Waals surface area contributed by atoms with Crippen LogP contribution >= 0.6 is 15.9 Å². The lowest BCUT2D eigenvalue weighted by Gasteiger charge is -2.10. The SMILES string of the molecule is Cc1cncc(NC(=O)Nc2cc(C(=O)O)ccc2Br)c1. The zero-order chi connectivity index (χ0) is 15.4. The molecule has 21 heavy (non-hydrogen) atoms. The van der Waals surface area contributed by atoms with Crippen LogP contribution in [0.4, 0.5) is 16.2 Å². The first-order chi connectivity index (χ1) is 9.95. The maximum atomic E-state index is 11.9. The van der Waals surface area contributed by atoms with Gasteiger partial charge < -0.3 is 15.7 Å². The van der Waals surface area contributed by atoms with Crippen molar-refractivity contribution < 1.29 is 14.7 Å². The van der Waals surface area contributed by atoms with Gasteiger partial charge in [-0.1, -0.05) is 0 Å². The number of carbonyl (C=O) groups excluding carboxylic acids is 1. The minimum absolute atomic E-state index is 0.0886. The van der Waals surface area contributed by atoms with E-state index in [1.54, 1.807) is 18.3 Å². The zero-order valence-corrected chi connectivity index (χ0v) is 12.6. The Bertz CT molecular complexity index is 704. The molecule has 1 aromatic heterocycles. The number of carboxylic acids is 1. The van der Waals surface area contributed by atoms with Crippen LogP contribution in [0.3, 0.4) is 0 Å². The lowest BCUT2D eigenvalue weighted by Crippen LogP contribution is -2.20. The molecule has 0 atom stereocenters. The second-order valence-corrected chi connectivity index (χ2v) is 5.18. The summed E-state index contributed by atoms with van der Waals surface area (Å²) in [6.45, 7) is 1.86. The van der Waals surface area contributed by atoms with Crippen molar-refractivity contribution in [3.63, 3.8) is 0 Å². The molecule has 1 aromatic carbocycles. The predicted molar refractivity (Wildman–Crippen MR) is 82.7 cm³/mol. The van der Waals surface area contributed by atoms with E-state index in [0.717, 1.165) is 5.56 Å². The van der Waals surface area contributed by atoms with Crippen LogP contribution in [0.1, 0.15) is 15.9 Å². The van der Waals surface area contributed by atoms with Gasteiger partial charge in [-0.15, -0.1) is 0 Å². The average molecular weight is 350 g/mol. The van der Waals surface area contributed by atoms with Gasteiger partial charge >= 0.3 is 12.0 Å². The summed E-state index contributed by atoms with van der Waals surface area (Å²) < 4.78 is 0.588. The fourth-order valence-electron chi connectivity index (χ4n) is 1.66. The van der Waals surface area contributed by atoms with Crippen LogP contribution in [0, 0.1) is 6.92 Å². The minimum atomic E-state index is -1.06. The summed E-state index contributed by atoms with van der Waals surface area (Å²) in [6, 6.07) is 5.67. The highest BCUT2D eigenvalue weighted by molar-refractivity contribution is 9.10. The Kier molecular flexibility index (Phi) is 4.54. The van der Waals surface area contributed by atoms with Crippen molar-refractivity contribution in [3.05, 3.63) is 52.3 Å². The molecule has 0 unspecified atom stereocenters. The van der Waals surface area contributed by atoms with E-state index in [1.165, 1.54) is 18.3 Å². The van der Waals surface area contributed by atoms with Crippen molar-refractivity contribution in [1.29, 1.82) is 0 Å². The van der Waals surface area contributed by atoms with E-state index >= 15 is 0 Å². The normalized spacial score (nSPS) is 10.0.